The molecule has 12 heavy (non-hydrogen) atoms. The first-order valence-electron chi connectivity index (χ1n) is 4.12. The van der Waals surface area contributed by atoms with Crippen molar-refractivity contribution in [1.82, 2.24) is 0 Å². The largest absolute Gasteiger partial charge is 0.373 e. The second-order valence-electron chi connectivity index (χ2n) is 2.08. The standard InChI is InChI=1S/C9H16.CO2/c1-3-5-7-9-8-6-4-2;2-1-3/h5-8H,3-4,9H2,1-2H3;/b7-5-,8-6+;. The number of allylic oxidation sites excluding steroid dienone is 4. The van der Waals surface area contributed by atoms with Crippen LogP contribution in [0.5, 0.6) is 0 Å². The van der Waals surface area contributed by atoms with E-state index in [4.69, 9.17) is 9.59 Å². The topological polar surface area (TPSA) is 34.1 Å². The predicted molar refractivity (Wildman–Crippen MR) is 48.5 cm³/mol. The van der Waals surface area contributed by atoms with Crippen molar-refractivity contribution in [2.75, 3.05) is 0 Å². The summed E-state index contributed by atoms with van der Waals surface area (Å²) >= 11 is 0. The zero-order valence-corrected chi connectivity index (χ0v) is 7.75. The van der Waals surface area contributed by atoms with Gasteiger partial charge in [0.2, 0.25) is 0 Å². The summed E-state index contributed by atoms with van der Waals surface area (Å²) in [6.07, 6.45) is 12.4. The van der Waals surface area contributed by atoms with Gasteiger partial charge >= 0.3 is 6.15 Å². The van der Waals surface area contributed by atoms with E-state index >= 15 is 0 Å². The fourth-order valence-corrected chi connectivity index (χ4v) is 0.604. The molecule has 0 saturated carbocycles. The van der Waals surface area contributed by atoms with E-state index < -0.39 is 0 Å². The van der Waals surface area contributed by atoms with E-state index in [9.17, 15) is 0 Å². The van der Waals surface area contributed by atoms with E-state index in [2.05, 4.69) is 38.2 Å². The molecule has 0 aliphatic heterocycles. The third kappa shape index (κ3) is 23.2. The first-order chi connectivity index (χ1) is 5.83. The maximum Gasteiger partial charge on any atom is 0.373 e. The number of rotatable bonds is 4. The monoisotopic (exact) mass is 168 g/mol. The third-order valence-electron chi connectivity index (χ3n) is 1.08. The Balaban J connectivity index is 0. The van der Waals surface area contributed by atoms with Gasteiger partial charge < -0.3 is 0 Å². The Bertz CT molecular complexity index is 139. The van der Waals surface area contributed by atoms with Crippen LogP contribution in [0.3, 0.4) is 0 Å². The molecule has 0 saturated heterocycles. The highest BCUT2D eigenvalue weighted by atomic mass is 16.2. The Morgan fingerprint density at radius 3 is 1.50 bits per heavy atom. The Labute approximate surface area is 74.0 Å². The Morgan fingerprint density at radius 1 is 0.917 bits per heavy atom. The molecule has 0 aliphatic rings. The van der Waals surface area contributed by atoms with Crippen molar-refractivity contribution in [3.05, 3.63) is 24.3 Å². The predicted octanol–water partition coefficient (Wildman–Crippen LogP) is 2.73. The lowest BCUT2D eigenvalue weighted by Gasteiger charge is -1.79. The Morgan fingerprint density at radius 2 is 1.25 bits per heavy atom. The summed E-state index contributed by atoms with van der Waals surface area (Å²) in [4.78, 5) is 16.2. The zero-order valence-electron chi connectivity index (χ0n) is 7.75. The molecule has 0 spiro atoms. The second kappa shape index (κ2) is 16.4. The van der Waals surface area contributed by atoms with Crippen molar-refractivity contribution in [3.63, 3.8) is 0 Å². The van der Waals surface area contributed by atoms with Crippen LogP contribution in [0.15, 0.2) is 24.3 Å². The van der Waals surface area contributed by atoms with Gasteiger partial charge in [-0.3, -0.25) is 0 Å². The molecular formula is C10H16O2. The fourth-order valence-electron chi connectivity index (χ4n) is 0.604. The normalized spacial score (nSPS) is 9.50. The van der Waals surface area contributed by atoms with Crippen LogP contribution in [0.1, 0.15) is 33.1 Å². The van der Waals surface area contributed by atoms with Crippen molar-refractivity contribution in [1.29, 1.82) is 0 Å². The fraction of sp³-hybridized carbons (Fsp3) is 0.500. The van der Waals surface area contributed by atoms with Gasteiger partial charge in [-0.05, 0) is 19.3 Å². The third-order valence-corrected chi connectivity index (χ3v) is 1.08. The summed E-state index contributed by atoms with van der Waals surface area (Å²) < 4.78 is 0. The van der Waals surface area contributed by atoms with Gasteiger partial charge in [0.1, 0.15) is 0 Å². The molecule has 0 aromatic carbocycles. The molecule has 0 rings (SSSR count). The molecule has 2 nitrogen and oxygen atoms in total. The lowest BCUT2D eigenvalue weighted by atomic mass is 10.3. The van der Waals surface area contributed by atoms with E-state index in [1.807, 2.05) is 0 Å². The number of carbonyl (C=O) groups excluding carboxylic acids is 2. The van der Waals surface area contributed by atoms with Crippen molar-refractivity contribution in [3.8, 4) is 0 Å². The van der Waals surface area contributed by atoms with Crippen molar-refractivity contribution >= 4 is 6.15 Å². The quantitative estimate of drug-likeness (QED) is 0.605. The molecule has 0 heterocycles. The van der Waals surface area contributed by atoms with E-state index in [0.717, 1.165) is 19.3 Å². The van der Waals surface area contributed by atoms with Crippen molar-refractivity contribution < 1.29 is 9.59 Å². The summed E-state index contributed by atoms with van der Waals surface area (Å²) in [6, 6.07) is 0. The summed E-state index contributed by atoms with van der Waals surface area (Å²) in [6.45, 7) is 4.31. The molecule has 0 aliphatic carbocycles. The van der Waals surface area contributed by atoms with E-state index in [1.54, 1.807) is 0 Å². The SMILES string of the molecule is CC/C=C\C/C=C/CC.O=C=O. The van der Waals surface area contributed by atoms with E-state index in [0.29, 0.717) is 0 Å². The highest BCUT2D eigenvalue weighted by Crippen LogP contribution is 1.89. The van der Waals surface area contributed by atoms with Crippen LogP contribution in [-0.4, -0.2) is 6.15 Å². The molecule has 0 aromatic heterocycles. The summed E-state index contributed by atoms with van der Waals surface area (Å²) in [5, 5.41) is 0. The molecule has 0 N–H and O–H groups in total. The minimum absolute atomic E-state index is 0.250. The van der Waals surface area contributed by atoms with Crippen LogP contribution in [0, 0.1) is 0 Å². The first kappa shape index (κ1) is 13.4. The molecule has 0 atom stereocenters. The highest BCUT2D eigenvalue weighted by molar-refractivity contribution is 5.20. The minimum Gasteiger partial charge on any atom is -0.186 e. The highest BCUT2D eigenvalue weighted by Gasteiger charge is 1.68. The van der Waals surface area contributed by atoms with E-state index in [-0.39, 0.29) is 6.15 Å². The van der Waals surface area contributed by atoms with Crippen LogP contribution >= 0.6 is 0 Å². The second-order valence-corrected chi connectivity index (χ2v) is 2.08. The molecule has 0 bridgehead atoms. The van der Waals surface area contributed by atoms with Gasteiger partial charge in [0.25, 0.3) is 0 Å². The Hall–Kier alpha value is -1.14. The molecule has 0 unspecified atom stereocenters. The maximum absolute atomic E-state index is 8.12. The first-order valence-corrected chi connectivity index (χ1v) is 4.12. The summed E-state index contributed by atoms with van der Waals surface area (Å²) in [5.41, 5.74) is 0. The summed E-state index contributed by atoms with van der Waals surface area (Å²) in [7, 11) is 0. The maximum atomic E-state index is 8.12. The van der Waals surface area contributed by atoms with Crippen LogP contribution in [0.25, 0.3) is 0 Å². The van der Waals surface area contributed by atoms with Crippen LogP contribution < -0.4 is 0 Å². The van der Waals surface area contributed by atoms with Crippen LogP contribution in [-0.2, 0) is 9.59 Å². The van der Waals surface area contributed by atoms with Gasteiger partial charge in [0.15, 0.2) is 0 Å². The van der Waals surface area contributed by atoms with Crippen molar-refractivity contribution in [2.24, 2.45) is 0 Å². The molecule has 0 amide bonds. The van der Waals surface area contributed by atoms with Crippen molar-refractivity contribution in [2.45, 2.75) is 33.1 Å². The number of hydrogen-bond donors (Lipinski definition) is 0. The summed E-state index contributed by atoms with van der Waals surface area (Å²) in [5.74, 6) is 0. The van der Waals surface area contributed by atoms with Gasteiger partial charge in [0.05, 0.1) is 0 Å². The molecule has 0 aromatic rings. The van der Waals surface area contributed by atoms with Gasteiger partial charge in [-0.2, -0.15) is 9.59 Å². The molecular weight excluding hydrogens is 152 g/mol. The van der Waals surface area contributed by atoms with Crippen LogP contribution in [0.4, 0.5) is 0 Å². The lowest BCUT2D eigenvalue weighted by Crippen LogP contribution is -1.58. The van der Waals surface area contributed by atoms with E-state index in [1.165, 1.54) is 0 Å². The van der Waals surface area contributed by atoms with Gasteiger partial charge in [-0.25, -0.2) is 0 Å². The minimum atomic E-state index is 0.250. The van der Waals surface area contributed by atoms with Gasteiger partial charge in [-0.1, -0.05) is 38.2 Å². The Kier molecular flexibility index (Phi) is 18.4. The molecule has 68 valence electrons. The van der Waals surface area contributed by atoms with Gasteiger partial charge in [0, 0.05) is 0 Å². The molecule has 0 radical (unpaired) electrons. The lowest BCUT2D eigenvalue weighted by molar-refractivity contribution is -0.191. The molecule has 0 fully saturated rings. The molecule has 2 heteroatoms. The number of hydrogen-bond acceptors (Lipinski definition) is 2. The zero-order chi connectivity index (χ0) is 9.66. The average molecular weight is 168 g/mol. The average Bonchev–Trinajstić information content (AvgIpc) is 2.06. The van der Waals surface area contributed by atoms with Gasteiger partial charge in [-0.15, -0.1) is 0 Å². The van der Waals surface area contributed by atoms with Crippen LogP contribution in [0.2, 0.25) is 0 Å². The smallest absolute Gasteiger partial charge is 0.186 e.